The van der Waals surface area contributed by atoms with Gasteiger partial charge in [-0.1, -0.05) is 78.6 Å². The molecule has 2 rings (SSSR count). The zero-order valence-electron chi connectivity index (χ0n) is 21.6. The molecule has 31 heavy (non-hydrogen) atoms. The summed E-state index contributed by atoms with van der Waals surface area (Å²) in [6.07, 6.45) is 22.9. The first-order valence-corrected chi connectivity index (χ1v) is 14.3. The van der Waals surface area contributed by atoms with Crippen LogP contribution in [-0.4, -0.2) is 61.3 Å². The van der Waals surface area contributed by atoms with Gasteiger partial charge >= 0.3 is 0 Å². The second-order valence-corrected chi connectivity index (χ2v) is 10.6. The Morgan fingerprint density at radius 1 is 0.613 bits per heavy atom. The number of hydrogen-bond acceptors (Lipinski definition) is 3. The molecular formula is C28H56N2O. The Balaban J connectivity index is 1.53. The molecule has 0 bridgehead atoms. The Hall–Kier alpha value is -0.120. The van der Waals surface area contributed by atoms with Gasteiger partial charge in [0.15, 0.2) is 0 Å². The van der Waals surface area contributed by atoms with Crippen LogP contribution >= 0.6 is 0 Å². The van der Waals surface area contributed by atoms with Crippen molar-refractivity contribution in [2.45, 2.75) is 136 Å². The maximum absolute atomic E-state index is 6.58. The van der Waals surface area contributed by atoms with E-state index in [1.165, 1.54) is 142 Å². The van der Waals surface area contributed by atoms with E-state index in [9.17, 15) is 0 Å². The number of nitrogens with zero attached hydrogens (tertiary/aromatic N) is 2. The van der Waals surface area contributed by atoms with Gasteiger partial charge < -0.3 is 14.5 Å². The summed E-state index contributed by atoms with van der Waals surface area (Å²) in [6.45, 7) is 14.7. The fourth-order valence-electron chi connectivity index (χ4n) is 5.67. The van der Waals surface area contributed by atoms with Gasteiger partial charge in [-0.25, -0.2) is 0 Å². The molecular weight excluding hydrogens is 380 g/mol. The smallest absolute Gasteiger partial charge is 0.0603 e. The van der Waals surface area contributed by atoms with E-state index in [0.717, 1.165) is 5.92 Å². The van der Waals surface area contributed by atoms with Crippen molar-refractivity contribution in [3.8, 4) is 0 Å². The highest BCUT2D eigenvalue weighted by Crippen LogP contribution is 2.24. The third-order valence-electron chi connectivity index (χ3n) is 7.71. The normalized spacial score (nSPS) is 21.0. The summed E-state index contributed by atoms with van der Waals surface area (Å²) in [6, 6.07) is 0. The SMILES string of the molecule is CCCCCCCCN1CCC(OC2CCN(CC(CCC)CCCCC)CC2)CC1. The van der Waals surface area contributed by atoms with Crippen LogP contribution in [0.25, 0.3) is 0 Å². The molecule has 2 aliphatic rings. The van der Waals surface area contributed by atoms with Crippen molar-refractivity contribution in [2.75, 3.05) is 39.3 Å². The second kappa shape index (κ2) is 17.4. The number of likely N-dealkylation sites (tertiary alicyclic amines) is 2. The fraction of sp³-hybridized carbons (Fsp3) is 1.00. The van der Waals surface area contributed by atoms with E-state index in [0.29, 0.717) is 12.2 Å². The fourth-order valence-corrected chi connectivity index (χ4v) is 5.67. The predicted octanol–water partition coefficient (Wildman–Crippen LogP) is 7.29. The molecule has 0 spiro atoms. The molecule has 0 aromatic carbocycles. The predicted molar refractivity (Wildman–Crippen MR) is 136 cm³/mol. The third kappa shape index (κ3) is 12.1. The van der Waals surface area contributed by atoms with E-state index >= 15 is 0 Å². The molecule has 2 heterocycles. The summed E-state index contributed by atoms with van der Waals surface area (Å²) in [4.78, 5) is 5.43. The molecule has 0 aromatic heterocycles. The van der Waals surface area contributed by atoms with Gasteiger partial charge in [0.25, 0.3) is 0 Å². The molecule has 0 amide bonds. The number of hydrogen-bond donors (Lipinski definition) is 0. The minimum absolute atomic E-state index is 0.524. The zero-order valence-corrected chi connectivity index (χ0v) is 21.6. The number of rotatable bonds is 17. The standard InChI is InChI=1S/C28H56N2O/c1-4-7-9-10-11-13-20-29-21-16-27(17-22-29)31-28-18-23-30(24-19-28)25-26(14-6-3)15-12-8-5-2/h26-28H,4-25H2,1-3H3. The lowest BCUT2D eigenvalue weighted by atomic mass is 9.94. The van der Waals surface area contributed by atoms with Crippen molar-refractivity contribution in [3.63, 3.8) is 0 Å². The molecule has 2 aliphatic heterocycles. The second-order valence-electron chi connectivity index (χ2n) is 10.6. The number of piperidine rings is 2. The van der Waals surface area contributed by atoms with E-state index < -0.39 is 0 Å². The van der Waals surface area contributed by atoms with Crippen LogP contribution < -0.4 is 0 Å². The number of ether oxygens (including phenoxy) is 1. The van der Waals surface area contributed by atoms with Crippen LogP contribution in [0.3, 0.4) is 0 Å². The summed E-state index contributed by atoms with van der Waals surface area (Å²) in [5.41, 5.74) is 0. The first kappa shape index (κ1) is 27.1. The molecule has 1 unspecified atom stereocenters. The van der Waals surface area contributed by atoms with Crippen molar-refractivity contribution in [1.29, 1.82) is 0 Å². The van der Waals surface area contributed by atoms with Crippen molar-refractivity contribution in [1.82, 2.24) is 9.80 Å². The minimum atomic E-state index is 0.524. The Bertz CT molecular complexity index is 400. The summed E-state index contributed by atoms with van der Waals surface area (Å²) >= 11 is 0. The molecule has 184 valence electrons. The van der Waals surface area contributed by atoms with Gasteiger partial charge in [0.1, 0.15) is 0 Å². The van der Waals surface area contributed by atoms with Gasteiger partial charge in [-0.3, -0.25) is 0 Å². The molecule has 0 N–H and O–H groups in total. The van der Waals surface area contributed by atoms with Crippen molar-refractivity contribution in [3.05, 3.63) is 0 Å². The quantitative estimate of drug-likeness (QED) is 0.223. The van der Waals surface area contributed by atoms with E-state index in [-0.39, 0.29) is 0 Å². The first-order valence-electron chi connectivity index (χ1n) is 14.3. The molecule has 0 saturated carbocycles. The topological polar surface area (TPSA) is 15.7 Å². The van der Waals surface area contributed by atoms with Crippen LogP contribution in [0.5, 0.6) is 0 Å². The summed E-state index contributed by atoms with van der Waals surface area (Å²) in [5.74, 6) is 0.921. The monoisotopic (exact) mass is 436 g/mol. The Morgan fingerprint density at radius 3 is 1.77 bits per heavy atom. The maximum Gasteiger partial charge on any atom is 0.0603 e. The van der Waals surface area contributed by atoms with Gasteiger partial charge in [0.05, 0.1) is 12.2 Å². The van der Waals surface area contributed by atoms with Crippen LogP contribution in [0.4, 0.5) is 0 Å². The van der Waals surface area contributed by atoms with Crippen LogP contribution in [0.1, 0.15) is 124 Å². The molecule has 2 fully saturated rings. The third-order valence-corrected chi connectivity index (χ3v) is 7.71. The summed E-state index contributed by atoms with van der Waals surface area (Å²) < 4.78 is 6.58. The molecule has 1 atom stereocenters. The average molecular weight is 437 g/mol. The Morgan fingerprint density at radius 2 is 1.16 bits per heavy atom. The molecule has 0 aliphatic carbocycles. The van der Waals surface area contributed by atoms with Crippen LogP contribution in [0.15, 0.2) is 0 Å². The van der Waals surface area contributed by atoms with Crippen molar-refractivity contribution in [2.24, 2.45) is 5.92 Å². The average Bonchev–Trinajstić information content (AvgIpc) is 2.79. The van der Waals surface area contributed by atoms with Crippen LogP contribution in [0, 0.1) is 5.92 Å². The van der Waals surface area contributed by atoms with Crippen molar-refractivity contribution < 1.29 is 4.74 Å². The van der Waals surface area contributed by atoms with Crippen molar-refractivity contribution >= 4 is 0 Å². The Kier molecular flexibility index (Phi) is 15.2. The molecule has 0 aromatic rings. The van der Waals surface area contributed by atoms with E-state index in [4.69, 9.17) is 4.74 Å². The lowest BCUT2D eigenvalue weighted by Gasteiger charge is -2.38. The van der Waals surface area contributed by atoms with Crippen LogP contribution in [0.2, 0.25) is 0 Å². The first-order chi connectivity index (χ1) is 15.2. The van der Waals surface area contributed by atoms with Gasteiger partial charge in [0, 0.05) is 32.7 Å². The molecule has 2 saturated heterocycles. The minimum Gasteiger partial charge on any atom is -0.375 e. The summed E-state index contributed by atoms with van der Waals surface area (Å²) in [7, 11) is 0. The van der Waals surface area contributed by atoms with Gasteiger partial charge in [-0.05, 0) is 57.4 Å². The maximum atomic E-state index is 6.58. The lowest BCUT2D eigenvalue weighted by Crippen LogP contribution is -2.43. The largest absolute Gasteiger partial charge is 0.375 e. The molecule has 3 heteroatoms. The summed E-state index contributed by atoms with van der Waals surface area (Å²) in [5, 5.41) is 0. The van der Waals surface area contributed by atoms with Gasteiger partial charge in [0.2, 0.25) is 0 Å². The van der Waals surface area contributed by atoms with E-state index in [1.807, 2.05) is 0 Å². The number of unbranched alkanes of at least 4 members (excludes halogenated alkanes) is 7. The zero-order chi connectivity index (χ0) is 22.2. The van der Waals surface area contributed by atoms with E-state index in [2.05, 4.69) is 30.6 Å². The Labute approximate surface area is 195 Å². The molecule has 0 radical (unpaired) electrons. The van der Waals surface area contributed by atoms with Gasteiger partial charge in [-0.15, -0.1) is 0 Å². The highest BCUT2D eigenvalue weighted by Gasteiger charge is 2.26. The lowest BCUT2D eigenvalue weighted by molar-refractivity contribution is -0.0661. The highest BCUT2D eigenvalue weighted by molar-refractivity contribution is 4.79. The molecule has 3 nitrogen and oxygen atoms in total. The van der Waals surface area contributed by atoms with Gasteiger partial charge in [-0.2, -0.15) is 0 Å². The van der Waals surface area contributed by atoms with E-state index in [1.54, 1.807) is 0 Å². The van der Waals surface area contributed by atoms with Crippen LogP contribution in [-0.2, 0) is 4.74 Å². The highest BCUT2D eigenvalue weighted by atomic mass is 16.5.